The molecule has 6 aromatic carbocycles. The van der Waals surface area contributed by atoms with E-state index in [9.17, 15) is 0 Å². The topological polar surface area (TPSA) is 0 Å². The second kappa shape index (κ2) is 10.4. The molecule has 0 spiro atoms. The van der Waals surface area contributed by atoms with Crippen molar-refractivity contribution < 1.29 is 0 Å². The Hall–Kier alpha value is -4.76. The quantitative estimate of drug-likeness (QED) is 0.190. The molecule has 0 amide bonds. The van der Waals surface area contributed by atoms with Gasteiger partial charge in [-0.15, -0.1) is 22.7 Å². The number of thiophene rings is 2. The third kappa shape index (κ3) is 4.33. The zero-order chi connectivity index (χ0) is 29.0. The minimum atomic E-state index is 1.13. The molecule has 0 atom stereocenters. The molecule has 0 saturated carbocycles. The van der Waals surface area contributed by atoms with Crippen molar-refractivity contribution in [2.45, 2.75) is 12.8 Å². The highest BCUT2D eigenvalue weighted by molar-refractivity contribution is 7.33. The molecule has 1 aliphatic rings. The Morgan fingerprint density at radius 3 is 1.36 bits per heavy atom. The predicted octanol–water partition coefficient (Wildman–Crippen LogP) is 13.2. The van der Waals surface area contributed by atoms with Crippen LogP contribution in [0, 0.1) is 0 Å². The second-order valence-corrected chi connectivity index (χ2v) is 13.7. The lowest BCUT2D eigenvalue weighted by atomic mass is 9.96. The summed E-state index contributed by atoms with van der Waals surface area (Å²) < 4.78 is 5.49. The first kappa shape index (κ1) is 25.7. The molecule has 2 aromatic heterocycles. The van der Waals surface area contributed by atoms with E-state index in [2.05, 4.69) is 146 Å². The molecule has 0 fully saturated rings. The first-order valence-corrected chi connectivity index (χ1v) is 16.9. The predicted molar refractivity (Wildman–Crippen MR) is 195 cm³/mol. The molecule has 0 bridgehead atoms. The van der Waals surface area contributed by atoms with Crippen LogP contribution in [0.15, 0.2) is 146 Å². The molecule has 0 aliphatic heterocycles. The van der Waals surface area contributed by atoms with E-state index >= 15 is 0 Å². The standard InChI is InChI=1S/C42H28S2/c1-3-7-27(8-4-1)29-11-15-31(16-12-29)33-19-21-35-37-23-24-38-36-22-20-34(26-40(36)44-42(38)41(37)43-39(35)25-33)32-17-13-30(14-18-32)28-9-5-2-6-10-28/h1,3-5,7-26H,2,6H2. The van der Waals surface area contributed by atoms with Gasteiger partial charge >= 0.3 is 0 Å². The fraction of sp³-hybridized carbons (Fsp3) is 0.0476. The van der Waals surface area contributed by atoms with Crippen LogP contribution in [0.4, 0.5) is 0 Å². The van der Waals surface area contributed by atoms with Crippen molar-refractivity contribution in [3.8, 4) is 33.4 Å². The smallest absolute Gasteiger partial charge is 0.0534 e. The summed E-state index contributed by atoms with van der Waals surface area (Å²) in [6.45, 7) is 0. The maximum Gasteiger partial charge on any atom is 0.0534 e. The Labute approximate surface area is 264 Å². The summed E-state index contributed by atoms with van der Waals surface area (Å²) in [6.07, 6.45) is 9.15. The van der Waals surface area contributed by atoms with Crippen molar-refractivity contribution in [2.75, 3.05) is 0 Å². The van der Waals surface area contributed by atoms with Crippen molar-refractivity contribution in [3.05, 3.63) is 151 Å². The van der Waals surface area contributed by atoms with Gasteiger partial charge in [-0.2, -0.15) is 0 Å². The van der Waals surface area contributed by atoms with Crippen molar-refractivity contribution in [1.82, 2.24) is 0 Å². The number of allylic oxidation sites excluding steroid dienone is 4. The van der Waals surface area contributed by atoms with Gasteiger partial charge < -0.3 is 0 Å². The van der Waals surface area contributed by atoms with Gasteiger partial charge in [-0.05, 0) is 69.5 Å². The fourth-order valence-electron chi connectivity index (χ4n) is 6.60. The Kier molecular flexibility index (Phi) is 6.11. The second-order valence-electron chi connectivity index (χ2n) is 11.6. The zero-order valence-electron chi connectivity index (χ0n) is 24.1. The maximum atomic E-state index is 2.38. The van der Waals surface area contributed by atoms with Crippen LogP contribution in [0.1, 0.15) is 18.4 Å². The Bertz CT molecular complexity index is 2400. The summed E-state index contributed by atoms with van der Waals surface area (Å²) in [4.78, 5) is 0. The number of rotatable bonds is 4. The SMILES string of the molecule is C1=CC(c2ccc(-c3ccc4c(c3)sc3c4ccc4c5ccc(-c6ccc(-c7ccccc7)cc6)cc5sc43)cc2)=CCC1. The highest BCUT2D eigenvalue weighted by atomic mass is 32.1. The summed E-state index contributed by atoms with van der Waals surface area (Å²) in [5.41, 5.74) is 10.2. The molecule has 2 heteroatoms. The molecule has 0 saturated heterocycles. The monoisotopic (exact) mass is 596 g/mol. The van der Waals surface area contributed by atoms with Gasteiger partial charge in [0, 0.05) is 30.9 Å². The van der Waals surface area contributed by atoms with Gasteiger partial charge in [0.05, 0.1) is 9.40 Å². The van der Waals surface area contributed by atoms with Crippen LogP contribution in [0.2, 0.25) is 0 Å². The number of benzene rings is 6. The van der Waals surface area contributed by atoms with Gasteiger partial charge in [0.2, 0.25) is 0 Å². The van der Waals surface area contributed by atoms with Gasteiger partial charge in [-0.3, -0.25) is 0 Å². The molecular weight excluding hydrogens is 569 g/mol. The maximum absolute atomic E-state index is 2.38. The van der Waals surface area contributed by atoms with Gasteiger partial charge in [-0.25, -0.2) is 0 Å². The van der Waals surface area contributed by atoms with Crippen LogP contribution in [-0.2, 0) is 0 Å². The van der Waals surface area contributed by atoms with E-state index in [-0.39, 0.29) is 0 Å². The minimum Gasteiger partial charge on any atom is -0.134 e. The lowest BCUT2D eigenvalue weighted by Gasteiger charge is -2.08. The summed E-state index contributed by atoms with van der Waals surface area (Å²) >= 11 is 3.86. The van der Waals surface area contributed by atoms with Crippen LogP contribution >= 0.6 is 22.7 Å². The minimum absolute atomic E-state index is 1.13. The largest absolute Gasteiger partial charge is 0.134 e. The van der Waals surface area contributed by atoms with E-state index in [1.165, 1.54) is 84.9 Å². The van der Waals surface area contributed by atoms with Crippen molar-refractivity contribution in [3.63, 3.8) is 0 Å². The van der Waals surface area contributed by atoms with Gasteiger partial charge in [0.25, 0.3) is 0 Å². The molecule has 1 aliphatic carbocycles. The van der Waals surface area contributed by atoms with Crippen LogP contribution in [-0.4, -0.2) is 0 Å². The first-order valence-electron chi connectivity index (χ1n) is 15.2. The normalized spacial score (nSPS) is 13.3. The first-order chi connectivity index (χ1) is 21.8. The molecular formula is C42H28S2. The average Bonchev–Trinajstić information content (AvgIpc) is 3.67. The molecule has 0 N–H and O–H groups in total. The van der Waals surface area contributed by atoms with E-state index in [4.69, 9.17) is 0 Å². The molecule has 2 heterocycles. The van der Waals surface area contributed by atoms with E-state index in [0.717, 1.165) is 12.8 Å². The number of hydrogen-bond acceptors (Lipinski definition) is 2. The van der Waals surface area contributed by atoms with Crippen LogP contribution in [0.3, 0.4) is 0 Å². The van der Waals surface area contributed by atoms with Gasteiger partial charge in [0.15, 0.2) is 0 Å². The molecule has 9 rings (SSSR count). The summed E-state index contributed by atoms with van der Waals surface area (Å²) in [5.74, 6) is 0. The molecule has 8 aromatic rings. The third-order valence-electron chi connectivity index (χ3n) is 8.95. The van der Waals surface area contributed by atoms with Crippen LogP contribution < -0.4 is 0 Å². The van der Waals surface area contributed by atoms with Gasteiger partial charge in [0.1, 0.15) is 0 Å². The number of fused-ring (bicyclic) bond motifs is 7. The highest BCUT2D eigenvalue weighted by Crippen LogP contribution is 2.45. The molecule has 0 nitrogen and oxygen atoms in total. The van der Waals surface area contributed by atoms with E-state index in [0.29, 0.717) is 0 Å². The van der Waals surface area contributed by atoms with E-state index in [1.807, 2.05) is 22.7 Å². The van der Waals surface area contributed by atoms with Crippen molar-refractivity contribution in [1.29, 1.82) is 0 Å². The fourth-order valence-corrected chi connectivity index (χ4v) is 9.21. The highest BCUT2D eigenvalue weighted by Gasteiger charge is 2.14. The number of hydrogen-bond donors (Lipinski definition) is 0. The Morgan fingerprint density at radius 2 is 0.841 bits per heavy atom. The summed E-state index contributed by atoms with van der Waals surface area (Å²) in [7, 11) is 0. The molecule has 44 heavy (non-hydrogen) atoms. The third-order valence-corrected chi connectivity index (χ3v) is 11.5. The lowest BCUT2D eigenvalue weighted by Crippen LogP contribution is -1.86. The van der Waals surface area contributed by atoms with E-state index in [1.54, 1.807) is 0 Å². The Balaban J connectivity index is 1.08. The van der Waals surface area contributed by atoms with Crippen LogP contribution in [0.25, 0.3) is 79.3 Å². The molecule has 0 radical (unpaired) electrons. The lowest BCUT2D eigenvalue weighted by molar-refractivity contribution is 1.04. The van der Waals surface area contributed by atoms with Crippen molar-refractivity contribution >= 4 is 68.6 Å². The molecule has 0 unspecified atom stereocenters. The zero-order valence-corrected chi connectivity index (χ0v) is 25.7. The summed E-state index contributed by atoms with van der Waals surface area (Å²) in [5, 5.41) is 5.41. The average molecular weight is 597 g/mol. The Morgan fingerprint density at radius 1 is 0.386 bits per heavy atom. The van der Waals surface area contributed by atoms with Crippen molar-refractivity contribution in [2.24, 2.45) is 0 Å². The molecule has 208 valence electrons. The summed E-state index contributed by atoms with van der Waals surface area (Å²) in [6, 6.07) is 47.2. The van der Waals surface area contributed by atoms with E-state index < -0.39 is 0 Å². The van der Waals surface area contributed by atoms with Crippen LogP contribution in [0.5, 0.6) is 0 Å². The van der Waals surface area contributed by atoms with Gasteiger partial charge in [-0.1, -0.05) is 133 Å².